The number of hydrogen-bond acceptors (Lipinski definition) is 6. The Morgan fingerprint density at radius 1 is 0.886 bits per heavy atom. The topological polar surface area (TPSA) is 71.5 Å². The largest absolute Gasteiger partial charge is 0.484 e. The number of nitrogens with zero attached hydrogens (tertiary/aromatic N) is 2. The van der Waals surface area contributed by atoms with Gasteiger partial charge in [0.05, 0.1) is 12.7 Å². The van der Waals surface area contributed by atoms with Crippen LogP contribution in [-0.4, -0.2) is 73.0 Å². The summed E-state index contributed by atoms with van der Waals surface area (Å²) in [5.41, 5.74) is 3.49. The SMILES string of the molecule is COC1CCC(c2ccc(Oc3ccc(C(=O)N4CCN(Cc5ccc(OCC(F)(F)F)cc5)CC4)cc3)c(CO)c2)CC1. The molecule has 0 radical (unpaired) electrons. The van der Waals surface area contributed by atoms with Gasteiger partial charge in [-0.2, -0.15) is 13.2 Å². The molecule has 236 valence electrons. The summed E-state index contributed by atoms with van der Waals surface area (Å²) < 4.78 is 53.4. The van der Waals surface area contributed by atoms with Crippen molar-refractivity contribution in [2.45, 2.75) is 57.0 Å². The van der Waals surface area contributed by atoms with Crippen molar-refractivity contribution in [3.63, 3.8) is 0 Å². The second kappa shape index (κ2) is 14.5. The molecule has 3 aromatic carbocycles. The lowest BCUT2D eigenvalue weighted by Gasteiger charge is -2.34. The molecule has 1 saturated carbocycles. The quantitative estimate of drug-likeness (QED) is 0.280. The number of benzene rings is 3. The number of ether oxygens (including phenoxy) is 3. The molecule has 5 rings (SSSR count). The van der Waals surface area contributed by atoms with E-state index in [2.05, 4.69) is 11.0 Å². The molecule has 1 aliphatic heterocycles. The predicted octanol–water partition coefficient (Wildman–Crippen LogP) is 6.54. The fourth-order valence-electron chi connectivity index (χ4n) is 5.91. The minimum atomic E-state index is -4.37. The Hall–Kier alpha value is -3.60. The van der Waals surface area contributed by atoms with Gasteiger partial charge in [0.25, 0.3) is 5.91 Å². The molecule has 2 fully saturated rings. The Labute approximate surface area is 256 Å². The average Bonchev–Trinajstić information content (AvgIpc) is 3.05. The fraction of sp³-hybridized carbons (Fsp3) is 0.441. The summed E-state index contributed by atoms with van der Waals surface area (Å²) in [5, 5.41) is 10.0. The van der Waals surface area contributed by atoms with Gasteiger partial charge in [0, 0.05) is 51.0 Å². The minimum Gasteiger partial charge on any atom is -0.484 e. The first-order chi connectivity index (χ1) is 21.2. The normalized spacial score (nSPS) is 19.5. The smallest absolute Gasteiger partial charge is 0.422 e. The van der Waals surface area contributed by atoms with Crippen LogP contribution in [0.1, 0.15) is 58.6 Å². The van der Waals surface area contributed by atoms with Crippen LogP contribution in [0.4, 0.5) is 13.2 Å². The lowest BCUT2D eigenvalue weighted by Crippen LogP contribution is -2.48. The van der Waals surface area contributed by atoms with Crippen LogP contribution < -0.4 is 9.47 Å². The maximum atomic E-state index is 13.2. The van der Waals surface area contributed by atoms with Crippen molar-refractivity contribution in [1.82, 2.24) is 9.80 Å². The van der Waals surface area contributed by atoms with Crippen LogP contribution in [0.3, 0.4) is 0 Å². The van der Waals surface area contributed by atoms with Crippen molar-refractivity contribution in [1.29, 1.82) is 0 Å². The third-order valence-corrected chi connectivity index (χ3v) is 8.45. The van der Waals surface area contributed by atoms with Crippen LogP contribution in [0.2, 0.25) is 0 Å². The highest BCUT2D eigenvalue weighted by molar-refractivity contribution is 5.94. The molecule has 0 aromatic heterocycles. The van der Waals surface area contributed by atoms with Gasteiger partial charge in [0.15, 0.2) is 6.61 Å². The van der Waals surface area contributed by atoms with Crippen LogP contribution >= 0.6 is 0 Å². The van der Waals surface area contributed by atoms with Crippen LogP contribution in [0.5, 0.6) is 17.2 Å². The molecule has 1 saturated heterocycles. The standard InChI is InChI=1S/C34H39F3N2O5/c1-42-29-11-4-25(5-12-29)27-8-15-32(28(20-27)22-40)44-31-13-6-26(7-14-31)33(41)39-18-16-38(17-19-39)21-24-2-9-30(10-3-24)43-23-34(35,36)37/h2-3,6-10,13-15,20,25,29,40H,4-5,11-12,16-19,21-23H2,1H3. The summed E-state index contributed by atoms with van der Waals surface area (Å²) in [5.74, 6) is 1.77. The van der Waals surface area contributed by atoms with E-state index in [1.54, 1.807) is 55.6 Å². The first-order valence-corrected chi connectivity index (χ1v) is 15.1. The van der Waals surface area contributed by atoms with Crippen LogP contribution in [0.25, 0.3) is 0 Å². The second-order valence-corrected chi connectivity index (χ2v) is 11.5. The lowest BCUT2D eigenvalue weighted by molar-refractivity contribution is -0.153. The zero-order valence-electron chi connectivity index (χ0n) is 24.9. The molecule has 0 atom stereocenters. The molecule has 1 heterocycles. The molecular weight excluding hydrogens is 573 g/mol. The minimum absolute atomic E-state index is 0.0500. The molecule has 10 heteroatoms. The maximum absolute atomic E-state index is 13.2. The molecule has 7 nitrogen and oxygen atoms in total. The second-order valence-electron chi connectivity index (χ2n) is 11.5. The van der Waals surface area contributed by atoms with Crippen molar-refractivity contribution in [2.24, 2.45) is 0 Å². The van der Waals surface area contributed by atoms with Gasteiger partial charge in [0.2, 0.25) is 0 Å². The van der Waals surface area contributed by atoms with E-state index in [1.165, 1.54) is 5.56 Å². The van der Waals surface area contributed by atoms with Gasteiger partial charge in [-0.3, -0.25) is 9.69 Å². The van der Waals surface area contributed by atoms with E-state index in [9.17, 15) is 23.1 Å². The molecule has 0 spiro atoms. The monoisotopic (exact) mass is 612 g/mol. The summed E-state index contributed by atoms with van der Waals surface area (Å²) in [7, 11) is 1.77. The van der Waals surface area contributed by atoms with E-state index < -0.39 is 12.8 Å². The molecule has 1 aliphatic carbocycles. The van der Waals surface area contributed by atoms with E-state index in [0.29, 0.717) is 61.8 Å². The Morgan fingerprint density at radius 2 is 1.55 bits per heavy atom. The number of rotatable bonds is 10. The number of halogens is 3. The number of aliphatic hydroxyl groups excluding tert-OH is 1. The number of aliphatic hydroxyl groups is 1. The van der Waals surface area contributed by atoms with Crippen LogP contribution in [0, 0.1) is 0 Å². The Kier molecular flexibility index (Phi) is 10.5. The number of carbonyl (C=O) groups excluding carboxylic acids is 1. The van der Waals surface area contributed by atoms with Crippen molar-refractivity contribution in [2.75, 3.05) is 39.9 Å². The Balaban J connectivity index is 1.10. The molecule has 44 heavy (non-hydrogen) atoms. The summed E-state index contributed by atoms with van der Waals surface area (Å²) in [6, 6.07) is 19.7. The Morgan fingerprint density at radius 3 is 2.16 bits per heavy atom. The lowest BCUT2D eigenvalue weighted by atomic mass is 9.82. The highest BCUT2D eigenvalue weighted by Crippen LogP contribution is 2.36. The summed E-state index contributed by atoms with van der Waals surface area (Å²) in [6.07, 6.45) is 0.176. The van der Waals surface area contributed by atoms with Crippen LogP contribution in [-0.2, 0) is 17.9 Å². The van der Waals surface area contributed by atoms with E-state index in [-0.39, 0.29) is 18.3 Å². The van der Waals surface area contributed by atoms with Gasteiger partial charge in [-0.15, -0.1) is 0 Å². The van der Waals surface area contributed by atoms with E-state index in [1.807, 2.05) is 17.0 Å². The molecule has 0 bridgehead atoms. The fourth-order valence-corrected chi connectivity index (χ4v) is 5.91. The first-order valence-electron chi connectivity index (χ1n) is 15.1. The number of hydrogen-bond donors (Lipinski definition) is 1. The Bertz CT molecular complexity index is 1370. The van der Waals surface area contributed by atoms with Gasteiger partial charge in [-0.05, 0) is 91.3 Å². The number of carbonyl (C=O) groups is 1. The zero-order chi connectivity index (χ0) is 31.1. The maximum Gasteiger partial charge on any atom is 0.422 e. The van der Waals surface area contributed by atoms with E-state index in [4.69, 9.17) is 14.2 Å². The number of methoxy groups -OCH3 is 1. The van der Waals surface area contributed by atoms with Crippen molar-refractivity contribution < 1.29 is 37.3 Å². The van der Waals surface area contributed by atoms with Crippen LogP contribution in [0.15, 0.2) is 66.7 Å². The summed E-state index contributed by atoms with van der Waals surface area (Å²) in [6.45, 7) is 1.72. The summed E-state index contributed by atoms with van der Waals surface area (Å²) in [4.78, 5) is 17.2. The van der Waals surface area contributed by atoms with Gasteiger partial charge >= 0.3 is 6.18 Å². The molecule has 1 amide bonds. The van der Waals surface area contributed by atoms with Gasteiger partial charge in [0.1, 0.15) is 17.2 Å². The first kappa shape index (κ1) is 31.8. The molecule has 1 N–H and O–H groups in total. The highest BCUT2D eigenvalue weighted by Gasteiger charge is 2.28. The van der Waals surface area contributed by atoms with Crippen molar-refractivity contribution in [3.8, 4) is 17.2 Å². The molecule has 3 aromatic rings. The van der Waals surface area contributed by atoms with Crippen molar-refractivity contribution in [3.05, 3.63) is 89.0 Å². The number of piperazine rings is 1. The van der Waals surface area contributed by atoms with Gasteiger partial charge < -0.3 is 24.2 Å². The van der Waals surface area contributed by atoms with E-state index >= 15 is 0 Å². The van der Waals surface area contributed by atoms with Gasteiger partial charge in [-0.25, -0.2) is 0 Å². The molecule has 2 aliphatic rings. The molecular formula is C34H39F3N2O5. The zero-order valence-corrected chi connectivity index (χ0v) is 24.9. The highest BCUT2D eigenvalue weighted by atomic mass is 19.4. The third-order valence-electron chi connectivity index (χ3n) is 8.45. The molecule has 0 unspecified atom stereocenters. The van der Waals surface area contributed by atoms with Gasteiger partial charge in [-0.1, -0.05) is 18.2 Å². The third kappa shape index (κ3) is 8.52. The number of alkyl halides is 3. The average molecular weight is 613 g/mol. The van der Waals surface area contributed by atoms with E-state index in [0.717, 1.165) is 36.8 Å². The summed E-state index contributed by atoms with van der Waals surface area (Å²) >= 11 is 0. The predicted molar refractivity (Wildman–Crippen MR) is 160 cm³/mol. The number of amides is 1. The van der Waals surface area contributed by atoms with Crippen molar-refractivity contribution >= 4 is 5.91 Å².